The molecule has 104 valence electrons. The van der Waals surface area contributed by atoms with Crippen molar-refractivity contribution >= 4 is 49.1 Å². The van der Waals surface area contributed by atoms with Gasteiger partial charge in [-0.15, -0.1) is 0 Å². The highest BCUT2D eigenvalue weighted by atomic mass is 79.9. The molecule has 2 N–H and O–H groups in total. The second-order valence-electron chi connectivity index (χ2n) is 4.39. The van der Waals surface area contributed by atoms with Crippen LogP contribution in [0.25, 0.3) is 0 Å². The van der Waals surface area contributed by atoms with Gasteiger partial charge in [-0.25, -0.2) is 0 Å². The highest BCUT2D eigenvalue weighted by Crippen LogP contribution is 2.32. The number of halogens is 2. The molecule has 20 heavy (non-hydrogen) atoms. The van der Waals surface area contributed by atoms with Crippen LogP contribution in [-0.2, 0) is 0 Å². The third kappa shape index (κ3) is 3.41. The Hall–Kier alpha value is -1.33. The number of amides is 1. The van der Waals surface area contributed by atoms with Gasteiger partial charge in [-0.2, -0.15) is 0 Å². The van der Waals surface area contributed by atoms with Gasteiger partial charge in [0.25, 0.3) is 5.91 Å². The van der Waals surface area contributed by atoms with Gasteiger partial charge < -0.3 is 10.6 Å². The van der Waals surface area contributed by atoms with Crippen LogP contribution >= 0.6 is 31.9 Å². The van der Waals surface area contributed by atoms with E-state index < -0.39 is 0 Å². The van der Waals surface area contributed by atoms with Crippen LogP contribution in [0.15, 0.2) is 45.3 Å². The molecule has 0 fully saturated rings. The lowest BCUT2D eigenvalue weighted by Crippen LogP contribution is -2.12. The maximum Gasteiger partial charge on any atom is 0.255 e. The lowest BCUT2D eigenvalue weighted by atomic mass is 10.1. The number of hydrogen-bond acceptors (Lipinski definition) is 2. The summed E-state index contributed by atoms with van der Waals surface area (Å²) in [6.45, 7) is 2.00. The number of aryl methyl sites for hydroxylation is 1. The van der Waals surface area contributed by atoms with Crippen molar-refractivity contribution in [1.82, 2.24) is 0 Å². The third-order valence-corrected chi connectivity index (χ3v) is 4.11. The molecule has 0 bridgehead atoms. The van der Waals surface area contributed by atoms with E-state index in [1.54, 1.807) is 12.1 Å². The average molecular weight is 398 g/mol. The largest absolute Gasteiger partial charge is 0.388 e. The van der Waals surface area contributed by atoms with Crippen LogP contribution in [-0.4, -0.2) is 13.0 Å². The SMILES string of the molecule is CNc1ccc(C(=O)Nc2c(Br)cc(C)cc2Br)cc1. The zero-order valence-electron chi connectivity index (χ0n) is 11.1. The van der Waals surface area contributed by atoms with Gasteiger partial charge in [-0.05, 0) is 80.7 Å². The number of hydrogen-bond donors (Lipinski definition) is 2. The molecule has 0 radical (unpaired) electrons. The monoisotopic (exact) mass is 396 g/mol. The molecule has 0 aliphatic heterocycles. The fourth-order valence-corrected chi connectivity index (χ4v) is 3.41. The predicted molar refractivity (Wildman–Crippen MR) is 90.5 cm³/mol. The summed E-state index contributed by atoms with van der Waals surface area (Å²) >= 11 is 6.93. The summed E-state index contributed by atoms with van der Waals surface area (Å²) in [4.78, 5) is 12.2. The molecule has 3 nitrogen and oxygen atoms in total. The fourth-order valence-electron chi connectivity index (χ4n) is 1.79. The van der Waals surface area contributed by atoms with E-state index in [1.165, 1.54) is 0 Å². The Morgan fingerprint density at radius 2 is 1.60 bits per heavy atom. The molecule has 1 amide bonds. The highest BCUT2D eigenvalue weighted by Gasteiger charge is 2.11. The Morgan fingerprint density at radius 1 is 1.05 bits per heavy atom. The first-order valence-electron chi connectivity index (χ1n) is 6.06. The molecule has 0 aliphatic carbocycles. The van der Waals surface area contributed by atoms with Crippen molar-refractivity contribution < 1.29 is 4.79 Å². The fraction of sp³-hybridized carbons (Fsp3) is 0.133. The molecule has 0 aliphatic rings. The molecule has 2 rings (SSSR count). The Balaban J connectivity index is 2.23. The molecule has 0 saturated carbocycles. The van der Waals surface area contributed by atoms with E-state index in [2.05, 4.69) is 42.5 Å². The summed E-state index contributed by atoms with van der Waals surface area (Å²) in [5.41, 5.74) is 3.43. The zero-order chi connectivity index (χ0) is 14.7. The zero-order valence-corrected chi connectivity index (χ0v) is 14.3. The quantitative estimate of drug-likeness (QED) is 0.779. The van der Waals surface area contributed by atoms with Crippen molar-refractivity contribution in [1.29, 1.82) is 0 Å². The van der Waals surface area contributed by atoms with Crippen molar-refractivity contribution in [3.63, 3.8) is 0 Å². The molecule has 0 atom stereocenters. The normalized spacial score (nSPS) is 10.2. The van der Waals surface area contributed by atoms with Crippen LogP contribution < -0.4 is 10.6 Å². The summed E-state index contributed by atoms with van der Waals surface area (Å²) in [6, 6.07) is 11.2. The number of benzene rings is 2. The molecule has 2 aromatic rings. The standard InChI is InChI=1S/C15H14Br2N2O/c1-9-7-12(16)14(13(17)8-9)19-15(20)10-3-5-11(18-2)6-4-10/h3-8,18H,1-2H3,(H,19,20). The molecular formula is C15H14Br2N2O. The van der Waals surface area contributed by atoms with E-state index in [9.17, 15) is 4.79 Å². The Kier molecular flexibility index (Phi) is 4.83. The lowest BCUT2D eigenvalue weighted by Gasteiger charge is -2.11. The minimum absolute atomic E-state index is 0.141. The van der Waals surface area contributed by atoms with Gasteiger partial charge in [0.15, 0.2) is 0 Å². The molecule has 0 unspecified atom stereocenters. The van der Waals surface area contributed by atoms with E-state index in [1.807, 2.05) is 38.2 Å². The van der Waals surface area contributed by atoms with E-state index in [0.29, 0.717) is 5.56 Å². The van der Waals surface area contributed by atoms with Crippen molar-refractivity contribution in [2.45, 2.75) is 6.92 Å². The topological polar surface area (TPSA) is 41.1 Å². The maximum absolute atomic E-state index is 12.2. The first kappa shape index (κ1) is 15.1. The predicted octanol–water partition coefficient (Wildman–Crippen LogP) is 4.81. The van der Waals surface area contributed by atoms with Crippen LogP contribution in [0.5, 0.6) is 0 Å². The molecule has 2 aromatic carbocycles. The van der Waals surface area contributed by atoms with Crippen molar-refractivity contribution in [3.8, 4) is 0 Å². The first-order valence-corrected chi connectivity index (χ1v) is 7.64. The lowest BCUT2D eigenvalue weighted by molar-refractivity contribution is 0.102. The van der Waals surface area contributed by atoms with E-state index in [4.69, 9.17) is 0 Å². The van der Waals surface area contributed by atoms with Crippen LogP contribution in [0.3, 0.4) is 0 Å². The Labute approximate surface area is 135 Å². The maximum atomic E-state index is 12.2. The minimum Gasteiger partial charge on any atom is -0.388 e. The average Bonchev–Trinajstić information content (AvgIpc) is 2.42. The van der Waals surface area contributed by atoms with Gasteiger partial charge in [0, 0.05) is 27.2 Å². The van der Waals surface area contributed by atoms with E-state index >= 15 is 0 Å². The van der Waals surface area contributed by atoms with Gasteiger partial charge in [0.05, 0.1) is 5.69 Å². The molecule has 5 heteroatoms. The number of anilines is 2. The van der Waals surface area contributed by atoms with Gasteiger partial charge in [-0.3, -0.25) is 4.79 Å². The first-order chi connectivity index (χ1) is 9.51. The number of carbonyl (C=O) groups is 1. The van der Waals surface area contributed by atoms with Crippen molar-refractivity contribution in [2.24, 2.45) is 0 Å². The second kappa shape index (κ2) is 6.41. The molecule has 0 spiro atoms. The summed E-state index contributed by atoms with van der Waals surface area (Å²) in [6.07, 6.45) is 0. The van der Waals surface area contributed by atoms with Crippen LogP contribution in [0.4, 0.5) is 11.4 Å². The van der Waals surface area contributed by atoms with Crippen LogP contribution in [0.2, 0.25) is 0 Å². The third-order valence-electron chi connectivity index (χ3n) is 2.86. The van der Waals surface area contributed by atoms with Crippen molar-refractivity contribution in [3.05, 3.63) is 56.5 Å². The second-order valence-corrected chi connectivity index (χ2v) is 6.09. The van der Waals surface area contributed by atoms with Gasteiger partial charge in [-0.1, -0.05) is 0 Å². The molecule has 0 aromatic heterocycles. The van der Waals surface area contributed by atoms with Crippen LogP contribution in [0, 0.1) is 6.92 Å². The molecule has 0 saturated heterocycles. The van der Waals surface area contributed by atoms with Crippen LogP contribution in [0.1, 0.15) is 15.9 Å². The number of rotatable bonds is 3. The number of nitrogens with one attached hydrogen (secondary N) is 2. The molecule has 0 heterocycles. The summed E-state index contributed by atoms with van der Waals surface area (Å²) in [5, 5.41) is 5.93. The number of carbonyl (C=O) groups excluding carboxylic acids is 1. The summed E-state index contributed by atoms with van der Waals surface area (Å²) < 4.78 is 1.70. The van der Waals surface area contributed by atoms with Gasteiger partial charge in [0.1, 0.15) is 0 Å². The van der Waals surface area contributed by atoms with Crippen molar-refractivity contribution in [2.75, 3.05) is 17.7 Å². The summed E-state index contributed by atoms with van der Waals surface area (Å²) in [7, 11) is 1.84. The van der Waals surface area contributed by atoms with E-state index in [-0.39, 0.29) is 5.91 Å². The van der Waals surface area contributed by atoms with Gasteiger partial charge in [0.2, 0.25) is 0 Å². The smallest absolute Gasteiger partial charge is 0.255 e. The summed E-state index contributed by atoms with van der Waals surface area (Å²) in [5.74, 6) is -0.141. The van der Waals surface area contributed by atoms with Gasteiger partial charge >= 0.3 is 0 Å². The minimum atomic E-state index is -0.141. The van der Waals surface area contributed by atoms with E-state index in [0.717, 1.165) is 25.9 Å². The Morgan fingerprint density at radius 3 is 2.10 bits per heavy atom. The molecular weight excluding hydrogens is 384 g/mol. The highest BCUT2D eigenvalue weighted by molar-refractivity contribution is 9.11. The Bertz CT molecular complexity index is 616.